The molecule has 0 amide bonds. The van der Waals surface area contributed by atoms with E-state index in [-0.39, 0.29) is 17.9 Å². The second kappa shape index (κ2) is 7.41. The molecule has 0 saturated heterocycles. The maximum Gasteiger partial charge on any atom is 0.510 e. The first kappa shape index (κ1) is 15.8. The molecule has 7 nitrogen and oxygen atoms in total. The van der Waals surface area contributed by atoms with E-state index in [0.717, 1.165) is 6.20 Å². The van der Waals surface area contributed by atoms with Gasteiger partial charge in [-0.2, -0.15) is 4.98 Å². The Labute approximate surface area is 130 Å². The van der Waals surface area contributed by atoms with Gasteiger partial charge in [0.1, 0.15) is 5.75 Å². The fourth-order valence-corrected chi connectivity index (χ4v) is 1.54. The predicted octanol–water partition coefficient (Wildman–Crippen LogP) is 3.13. The highest BCUT2D eigenvalue weighted by atomic mass is 35.5. The quantitative estimate of drug-likeness (QED) is 0.513. The van der Waals surface area contributed by atoms with E-state index in [1.54, 1.807) is 24.3 Å². The number of carbonyl (C=O) groups is 1. The lowest BCUT2D eigenvalue weighted by molar-refractivity contribution is 0.0150. The number of aromatic nitrogens is 2. The third-order valence-corrected chi connectivity index (χ3v) is 2.58. The molecule has 1 heterocycles. The molecule has 1 aromatic carbocycles. The maximum absolute atomic E-state index is 13.5. The van der Waals surface area contributed by atoms with Gasteiger partial charge >= 0.3 is 6.16 Å². The van der Waals surface area contributed by atoms with Crippen LogP contribution < -0.4 is 10.1 Å². The minimum Gasteiger partial charge on any atom is -0.457 e. The molecule has 22 heavy (non-hydrogen) atoms. The average molecular weight is 328 g/mol. The van der Waals surface area contributed by atoms with Gasteiger partial charge in [-0.15, -0.1) is 0 Å². The van der Waals surface area contributed by atoms with Crippen LogP contribution in [0.1, 0.15) is 0 Å². The molecule has 0 spiro atoms. The summed E-state index contributed by atoms with van der Waals surface area (Å²) in [5.74, 6) is -0.213. The van der Waals surface area contributed by atoms with Gasteiger partial charge in [0.25, 0.3) is 0 Å². The van der Waals surface area contributed by atoms with Crippen LogP contribution >= 0.6 is 11.6 Å². The lowest BCUT2D eigenvalue weighted by Gasteiger charge is -2.09. The molecule has 0 saturated carbocycles. The molecule has 9 heteroatoms. The SMILES string of the molecule is COC(=O)OCOc1ccc(Nc2nc(Cl)ncc2F)cc1. The Balaban J connectivity index is 1.94. The number of benzene rings is 1. The summed E-state index contributed by atoms with van der Waals surface area (Å²) in [6.45, 7) is -0.282. The molecule has 2 rings (SSSR count). The van der Waals surface area contributed by atoms with Crippen LogP contribution in [0, 0.1) is 5.82 Å². The fraction of sp³-hybridized carbons (Fsp3) is 0.154. The summed E-state index contributed by atoms with van der Waals surface area (Å²) in [7, 11) is 1.20. The van der Waals surface area contributed by atoms with Crippen molar-refractivity contribution in [1.29, 1.82) is 0 Å². The van der Waals surface area contributed by atoms with E-state index in [0.29, 0.717) is 11.4 Å². The van der Waals surface area contributed by atoms with Crippen LogP contribution in [0.2, 0.25) is 5.28 Å². The van der Waals surface area contributed by atoms with Crippen molar-refractivity contribution in [3.05, 3.63) is 41.6 Å². The normalized spacial score (nSPS) is 9.95. The van der Waals surface area contributed by atoms with Gasteiger partial charge in [0, 0.05) is 5.69 Å². The van der Waals surface area contributed by atoms with E-state index >= 15 is 0 Å². The molecule has 0 aliphatic heterocycles. The zero-order chi connectivity index (χ0) is 15.9. The number of halogens is 2. The summed E-state index contributed by atoms with van der Waals surface area (Å²) in [6, 6.07) is 6.46. The number of hydrogen-bond donors (Lipinski definition) is 1. The smallest absolute Gasteiger partial charge is 0.457 e. The summed E-state index contributed by atoms with van der Waals surface area (Å²) < 4.78 is 27.5. The molecule has 0 unspecified atom stereocenters. The van der Waals surface area contributed by atoms with Gasteiger partial charge in [-0.05, 0) is 35.9 Å². The number of ether oxygens (including phenoxy) is 3. The minimum absolute atomic E-state index is 0.0392. The van der Waals surface area contributed by atoms with Crippen molar-refractivity contribution in [2.75, 3.05) is 19.2 Å². The van der Waals surface area contributed by atoms with Gasteiger partial charge in [-0.25, -0.2) is 14.2 Å². The molecule has 0 atom stereocenters. The van der Waals surface area contributed by atoms with Crippen LogP contribution in [0.3, 0.4) is 0 Å². The molecule has 0 fully saturated rings. The highest BCUT2D eigenvalue weighted by Gasteiger charge is 2.06. The summed E-state index contributed by atoms with van der Waals surface area (Å²) >= 11 is 5.60. The van der Waals surface area contributed by atoms with Crippen LogP contribution in [0.5, 0.6) is 5.75 Å². The van der Waals surface area contributed by atoms with Crippen LogP contribution in [0.4, 0.5) is 20.7 Å². The van der Waals surface area contributed by atoms with Crippen molar-refractivity contribution in [2.24, 2.45) is 0 Å². The van der Waals surface area contributed by atoms with E-state index in [2.05, 4.69) is 24.8 Å². The molecular formula is C13H11ClFN3O4. The van der Waals surface area contributed by atoms with Crippen molar-refractivity contribution in [3.8, 4) is 5.75 Å². The Bertz CT molecular complexity index is 654. The van der Waals surface area contributed by atoms with E-state index in [4.69, 9.17) is 16.3 Å². The molecule has 1 aromatic heterocycles. The van der Waals surface area contributed by atoms with Gasteiger partial charge in [-0.1, -0.05) is 0 Å². The Morgan fingerprint density at radius 2 is 2.09 bits per heavy atom. The van der Waals surface area contributed by atoms with Crippen LogP contribution in [-0.4, -0.2) is 30.0 Å². The van der Waals surface area contributed by atoms with Gasteiger partial charge in [0.05, 0.1) is 13.3 Å². The molecular weight excluding hydrogens is 317 g/mol. The molecule has 0 bridgehead atoms. The number of carbonyl (C=O) groups excluding carboxylic acids is 1. The highest BCUT2D eigenvalue weighted by molar-refractivity contribution is 6.28. The number of hydrogen-bond acceptors (Lipinski definition) is 7. The molecule has 1 N–H and O–H groups in total. The zero-order valence-electron chi connectivity index (χ0n) is 11.4. The van der Waals surface area contributed by atoms with Crippen LogP contribution in [-0.2, 0) is 9.47 Å². The van der Waals surface area contributed by atoms with Gasteiger partial charge < -0.3 is 19.5 Å². The monoisotopic (exact) mass is 327 g/mol. The summed E-state index contributed by atoms with van der Waals surface area (Å²) in [6.07, 6.45) is 0.133. The summed E-state index contributed by atoms with van der Waals surface area (Å²) in [5.41, 5.74) is 0.565. The number of methoxy groups -OCH3 is 1. The van der Waals surface area contributed by atoms with E-state index in [1.165, 1.54) is 7.11 Å². The molecule has 0 aliphatic carbocycles. The Hall–Kier alpha value is -2.61. The lowest BCUT2D eigenvalue weighted by atomic mass is 10.3. The Morgan fingerprint density at radius 1 is 1.36 bits per heavy atom. The largest absolute Gasteiger partial charge is 0.510 e. The van der Waals surface area contributed by atoms with E-state index in [1.807, 2.05) is 0 Å². The summed E-state index contributed by atoms with van der Waals surface area (Å²) in [4.78, 5) is 18.0. The van der Waals surface area contributed by atoms with Crippen molar-refractivity contribution < 1.29 is 23.4 Å². The summed E-state index contributed by atoms with van der Waals surface area (Å²) in [5, 5.41) is 2.69. The first-order valence-corrected chi connectivity index (χ1v) is 6.35. The first-order valence-electron chi connectivity index (χ1n) is 5.97. The van der Waals surface area contributed by atoms with Gasteiger partial charge in [-0.3, -0.25) is 0 Å². The van der Waals surface area contributed by atoms with Crippen molar-refractivity contribution in [2.45, 2.75) is 0 Å². The van der Waals surface area contributed by atoms with Crippen molar-refractivity contribution in [3.63, 3.8) is 0 Å². The van der Waals surface area contributed by atoms with Crippen molar-refractivity contribution in [1.82, 2.24) is 9.97 Å². The Kier molecular flexibility index (Phi) is 5.31. The fourth-order valence-electron chi connectivity index (χ4n) is 1.41. The van der Waals surface area contributed by atoms with E-state index < -0.39 is 12.0 Å². The molecule has 0 radical (unpaired) electrons. The van der Waals surface area contributed by atoms with Crippen LogP contribution in [0.25, 0.3) is 0 Å². The van der Waals surface area contributed by atoms with Gasteiger partial charge in [0.2, 0.25) is 12.1 Å². The minimum atomic E-state index is -0.839. The maximum atomic E-state index is 13.5. The molecule has 0 aliphatic rings. The zero-order valence-corrected chi connectivity index (χ0v) is 12.1. The molecule has 2 aromatic rings. The third kappa shape index (κ3) is 4.45. The molecule has 116 valence electrons. The third-order valence-electron chi connectivity index (χ3n) is 2.40. The lowest BCUT2D eigenvalue weighted by Crippen LogP contribution is -2.09. The topological polar surface area (TPSA) is 82.6 Å². The van der Waals surface area contributed by atoms with Crippen LogP contribution in [0.15, 0.2) is 30.5 Å². The number of anilines is 2. The first-order chi connectivity index (χ1) is 10.6. The van der Waals surface area contributed by atoms with Gasteiger partial charge in [0.15, 0.2) is 11.6 Å². The predicted molar refractivity (Wildman–Crippen MR) is 75.7 cm³/mol. The number of rotatable bonds is 5. The second-order valence-corrected chi connectivity index (χ2v) is 4.18. The Morgan fingerprint density at radius 3 is 2.77 bits per heavy atom. The van der Waals surface area contributed by atoms with E-state index in [9.17, 15) is 9.18 Å². The average Bonchev–Trinajstić information content (AvgIpc) is 2.52. The number of nitrogens with zero attached hydrogens (tertiary/aromatic N) is 2. The second-order valence-electron chi connectivity index (χ2n) is 3.85. The highest BCUT2D eigenvalue weighted by Crippen LogP contribution is 2.21. The standard InChI is InChI=1S/C13H11ClFN3O4/c1-20-13(19)22-7-21-9-4-2-8(3-5-9)17-11-10(15)6-16-12(14)18-11/h2-6H,7H2,1H3,(H,16,17,18). The van der Waals surface area contributed by atoms with Crippen molar-refractivity contribution >= 4 is 29.3 Å². The number of nitrogens with one attached hydrogen (secondary N) is 1.